The van der Waals surface area contributed by atoms with Gasteiger partial charge in [0.25, 0.3) is 0 Å². The molecule has 0 aliphatic carbocycles. The summed E-state index contributed by atoms with van der Waals surface area (Å²) in [5.41, 5.74) is 5.00. The van der Waals surface area contributed by atoms with Crippen LogP contribution in [0.5, 0.6) is 11.5 Å². The van der Waals surface area contributed by atoms with Gasteiger partial charge in [-0.1, -0.05) is 18.2 Å². The van der Waals surface area contributed by atoms with E-state index >= 15 is 0 Å². The first kappa shape index (κ1) is 21.3. The van der Waals surface area contributed by atoms with Gasteiger partial charge in [-0.25, -0.2) is 9.50 Å². The molecule has 1 aliphatic heterocycles. The van der Waals surface area contributed by atoms with Crippen molar-refractivity contribution in [1.82, 2.24) is 19.5 Å². The van der Waals surface area contributed by atoms with Crippen molar-refractivity contribution in [3.05, 3.63) is 66.4 Å². The predicted octanol–water partition coefficient (Wildman–Crippen LogP) is 4.97. The third-order valence-corrected chi connectivity index (χ3v) is 6.44. The normalized spacial score (nSPS) is 15.0. The number of benzene rings is 2. The van der Waals surface area contributed by atoms with Gasteiger partial charge >= 0.3 is 0 Å². The molecule has 0 atom stereocenters. The van der Waals surface area contributed by atoms with Crippen LogP contribution in [0.25, 0.3) is 16.8 Å². The topological polar surface area (TPSA) is 63.9 Å². The second-order valence-corrected chi connectivity index (χ2v) is 8.50. The molecule has 0 spiro atoms. The Labute approximate surface area is 194 Å². The summed E-state index contributed by atoms with van der Waals surface area (Å²) in [6.45, 7) is 2.26. The van der Waals surface area contributed by atoms with Gasteiger partial charge in [-0.3, -0.25) is 0 Å². The van der Waals surface area contributed by atoms with Crippen LogP contribution in [0.4, 0.5) is 11.6 Å². The number of methoxy groups -OCH3 is 2. The molecule has 170 valence electrons. The molecule has 0 bridgehead atoms. The zero-order valence-corrected chi connectivity index (χ0v) is 19.3. The fourth-order valence-corrected chi connectivity index (χ4v) is 4.55. The van der Waals surface area contributed by atoms with E-state index < -0.39 is 0 Å². The average Bonchev–Trinajstić information content (AvgIpc) is 3.28. The maximum atomic E-state index is 5.71. The van der Waals surface area contributed by atoms with Crippen LogP contribution in [0.3, 0.4) is 0 Å². The maximum absolute atomic E-state index is 5.71. The lowest BCUT2D eigenvalue weighted by atomic mass is 9.89. The molecule has 1 N–H and O–H groups in total. The highest BCUT2D eigenvalue weighted by Crippen LogP contribution is 2.35. The fourth-order valence-electron chi connectivity index (χ4n) is 4.55. The van der Waals surface area contributed by atoms with Gasteiger partial charge in [0, 0.05) is 5.56 Å². The molecule has 2 aromatic heterocycles. The van der Waals surface area contributed by atoms with E-state index in [4.69, 9.17) is 14.6 Å². The van der Waals surface area contributed by atoms with Crippen LogP contribution in [0.15, 0.2) is 60.8 Å². The molecule has 1 saturated heterocycles. The molecule has 7 nitrogen and oxygen atoms in total. The van der Waals surface area contributed by atoms with Crippen LogP contribution in [0.2, 0.25) is 0 Å². The maximum Gasteiger partial charge on any atom is 0.245 e. The Bertz CT molecular complexity index is 1260. The van der Waals surface area contributed by atoms with Gasteiger partial charge in [0.1, 0.15) is 11.5 Å². The van der Waals surface area contributed by atoms with E-state index in [-0.39, 0.29) is 0 Å². The number of fused-ring (bicyclic) bond motifs is 1. The highest BCUT2D eigenvalue weighted by Gasteiger charge is 2.20. The van der Waals surface area contributed by atoms with Crippen molar-refractivity contribution in [3.63, 3.8) is 0 Å². The number of para-hydroxylation sites is 1. The standard InChI is InChI=1S/C26H29N5O2/c1-30-14-12-18(13-15-30)19-8-10-22(25(16-19)33-3)28-26-27-17-20-9-11-23(31(20)29-26)21-6-4-5-7-24(21)32-2/h4-11,16-18H,12-15H2,1-3H3,(H,28,29). The van der Waals surface area contributed by atoms with Gasteiger partial charge in [-0.05, 0) is 80.9 Å². The van der Waals surface area contributed by atoms with Crippen LogP contribution in [-0.2, 0) is 0 Å². The van der Waals surface area contributed by atoms with Crippen LogP contribution in [0.1, 0.15) is 24.3 Å². The summed E-state index contributed by atoms with van der Waals surface area (Å²) in [5, 5.41) is 8.10. The van der Waals surface area contributed by atoms with Crippen LogP contribution < -0.4 is 14.8 Å². The van der Waals surface area contributed by atoms with Crippen molar-refractivity contribution >= 4 is 17.2 Å². The van der Waals surface area contributed by atoms with Gasteiger partial charge in [0.15, 0.2) is 0 Å². The van der Waals surface area contributed by atoms with Gasteiger partial charge in [-0.15, -0.1) is 5.10 Å². The monoisotopic (exact) mass is 443 g/mol. The molecule has 2 aromatic carbocycles. The smallest absolute Gasteiger partial charge is 0.245 e. The number of nitrogens with one attached hydrogen (secondary N) is 1. The van der Waals surface area contributed by atoms with Gasteiger partial charge < -0.3 is 19.7 Å². The number of likely N-dealkylation sites (tertiary alicyclic amines) is 1. The van der Waals surface area contributed by atoms with Crippen molar-refractivity contribution in [2.75, 3.05) is 39.7 Å². The lowest BCUT2D eigenvalue weighted by molar-refractivity contribution is 0.255. The molecule has 1 fully saturated rings. The number of ether oxygens (including phenoxy) is 2. The molecule has 0 radical (unpaired) electrons. The SMILES string of the molecule is COc1cc(C2CCN(C)CC2)ccc1Nc1ncc2ccc(-c3ccccc3OC)n2n1. The summed E-state index contributed by atoms with van der Waals surface area (Å²) in [6, 6.07) is 18.4. The lowest BCUT2D eigenvalue weighted by Crippen LogP contribution is -2.29. The van der Waals surface area contributed by atoms with Crippen molar-refractivity contribution in [2.45, 2.75) is 18.8 Å². The second kappa shape index (κ2) is 9.11. The molecule has 33 heavy (non-hydrogen) atoms. The van der Waals surface area contributed by atoms with Gasteiger partial charge in [-0.2, -0.15) is 0 Å². The summed E-state index contributed by atoms with van der Waals surface area (Å²) in [4.78, 5) is 6.90. The third kappa shape index (κ3) is 4.24. The van der Waals surface area contributed by atoms with Crippen molar-refractivity contribution < 1.29 is 9.47 Å². The Kier molecular flexibility index (Phi) is 5.88. The summed E-state index contributed by atoms with van der Waals surface area (Å²) in [7, 11) is 5.57. The Morgan fingerprint density at radius 3 is 2.52 bits per heavy atom. The molecule has 3 heterocycles. The zero-order chi connectivity index (χ0) is 22.8. The third-order valence-electron chi connectivity index (χ3n) is 6.44. The zero-order valence-electron chi connectivity index (χ0n) is 19.3. The number of anilines is 2. The van der Waals surface area contributed by atoms with E-state index in [1.807, 2.05) is 47.1 Å². The summed E-state index contributed by atoms with van der Waals surface area (Å²) < 4.78 is 13.1. The Morgan fingerprint density at radius 1 is 0.939 bits per heavy atom. The van der Waals surface area contributed by atoms with Crippen molar-refractivity contribution in [1.29, 1.82) is 0 Å². The van der Waals surface area contributed by atoms with Crippen LogP contribution >= 0.6 is 0 Å². The largest absolute Gasteiger partial charge is 0.496 e. The lowest BCUT2D eigenvalue weighted by Gasteiger charge is -2.29. The molecular weight excluding hydrogens is 414 g/mol. The highest BCUT2D eigenvalue weighted by atomic mass is 16.5. The number of rotatable bonds is 6. The van der Waals surface area contributed by atoms with Crippen LogP contribution in [-0.4, -0.2) is 53.9 Å². The Morgan fingerprint density at radius 2 is 1.73 bits per heavy atom. The second-order valence-electron chi connectivity index (χ2n) is 8.50. The molecule has 0 unspecified atom stereocenters. The van der Waals surface area contributed by atoms with Crippen LogP contribution in [0, 0.1) is 0 Å². The number of hydrogen-bond acceptors (Lipinski definition) is 6. The van der Waals surface area contributed by atoms with E-state index in [0.29, 0.717) is 11.9 Å². The van der Waals surface area contributed by atoms with E-state index in [1.54, 1.807) is 14.2 Å². The summed E-state index contributed by atoms with van der Waals surface area (Å²) >= 11 is 0. The molecule has 0 amide bonds. The average molecular weight is 444 g/mol. The molecular formula is C26H29N5O2. The summed E-state index contributed by atoms with van der Waals surface area (Å²) in [6.07, 6.45) is 4.16. The van der Waals surface area contributed by atoms with Gasteiger partial charge in [0.05, 0.1) is 37.3 Å². The molecule has 5 rings (SSSR count). The van der Waals surface area contributed by atoms with E-state index in [0.717, 1.165) is 47.1 Å². The molecule has 7 heteroatoms. The minimum absolute atomic E-state index is 0.500. The number of hydrogen-bond donors (Lipinski definition) is 1. The number of nitrogens with zero attached hydrogens (tertiary/aromatic N) is 4. The number of piperidine rings is 1. The minimum Gasteiger partial charge on any atom is -0.496 e. The van der Waals surface area contributed by atoms with E-state index in [9.17, 15) is 0 Å². The highest BCUT2D eigenvalue weighted by molar-refractivity contribution is 5.72. The molecule has 1 aliphatic rings. The first-order chi connectivity index (χ1) is 16.2. The quantitative estimate of drug-likeness (QED) is 0.454. The Balaban J connectivity index is 1.44. The van der Waals surface area contributed by atoms with E-state index in [1.165, 1.54) is 18.4 Å². The molecule has 4 aromatic rings. The summed E-state index contributed by atoms with van der Waals surface area (Å²) in [5.74, 6) is 2.67. The predicted molar refractivity (Wildman–Crippen MR) is 131 cm³/mol. The van der Waals surface area contributed by atoms with E-state index in [2.05, 4.69) is 40.4 Å². The van der Waals surface area contributed by atoms with Crippen molar-refractivity contribution in [3.8, 4) is 22.8 Å². The first-order valence-corrected chi connectivity index (χ1v) is 11.3. The minimum atomic E-state index is 0.500. The fraction of sp³-hybridized carbons (Fsp3) is 0.308. The number of aromatic nitrogens is 3. The first-order valence-electron chi connectivity index (χ1n) is 11.3. The Hall–Kier alpha value is -3.58. The van der Waals surface area contributed by atoms with Gasteiger partial charge in [0.2, 0.25) is 5.95 Å². The van der Waals surface area contributed by atoms with Crippen molar-refractivity contribution in [2.24, 2.45) is 0 Å². The molecule has 0 saturated carbocycles.